The highest BCUT2D eigenvalue weighted by molar-refractivity contribution is 7.89. The third-order valence-corrected chi connectivity index (χ3v) is 5.72. The van der Waals surface area contributed by atoms with Crippen LogP contribution >= 0.6 is 12.4 Å². The summed E-state index contributed by atoms with van der Waals surface area (Å²) in [6.07, 6.45) is 1.66. The molecule has 10 heteroatoms. The van der Waals surface area contributed by atoms with Crippen LogP contribution in [0.5, 0.6) is 0 Å². The maximum atomic E-state index is 12.4. The van der Waals surface area contributed by atoms with Crippen LogP contribution in [0.4, 0.5) is 0 Å². The van der Waals surface area contributed by atoms with E-state index in [1.165, 1.54) is 13.8 Å². The Balaban J connectivity index is 0.00000288. The molecular formula is C14H25ClN4O4S. The Bertz CT molecular complexity index is 657. The fourth-order valence-electron chi connectivity index (χ4n) is 2.79. The number of nitrogens with zero attached hydrogens (tertiary/aromatic N) is 1. The molecule has 8 nitrogen and oxygen atoms in total. The van der Waals surface area contributed by atoms with Crippen LogP contribution < -0.4 is 15.4 Å². The average molecular weight is 381 g/mol. The zero-order valence-electron chi connectivity index (χ0n) is 14.3. The summed E-state index contributed by atoms with van der Waals surface area (Å²) in [6.45, 7) is 7.49. The normalized spacial score (nSPS) is 22.5. The van der Waals surface area contributed by atoms with Crippen molar-refractivity contribution >= 4 is 28.3 Å². The first-order valence-electron chi connectivity index (χ1n) is 7.69. The number of carbonyl (C=O) groups excluding carboxylic acids is 1. The molecule has 1 fully saturated rings. The van der Waals surface area contributed by atoms with E-state index in [-0.39, 0.29) is 40.7 Å². The van der Waals surface area contributed by atoms with Crippen molar-refractivity contribution in [2.45, 2.75) is 63.6 Å². The summed E-state index contributed by atoms with van der Waals surface area (Å²) in [5, 5.41) is 9.84. The second-order valence-electron chi connectivity index (χ2n) is 6.08. The topological polar surface area (TPSA) is 113 Å². The quantitative estimate of drug-likeness (QED) is 0.690. The van der Waals surface area contributed by atoms with E-state index in [0.717, 1.165) is 19.4 Å². The molecule has 3 unspecified atom stereocenters. The molecule has 1 aliphatic heterocycles. The molecular weight excluding hydrogens is 356 g/mol. The Morgan fingerprint density at radius 1 is 1.42 bits per heavy atom. The SMILES string of the molecule is Cc1noc(C)c1S(=O)(=O)NC(C)C(=O)NC1CCNC(C)C1.Cl. The summed E-state index contributed by atoms with van der Waals surface area (Å²) in [5.41, 5.74) is 0.273. The molecule has 0 spiro atoms. The van der Waals surface area contributed by atoms with Gasteiger partial charge in [0.2, 0.25) is 15.9 Å². The van der Waals surface area contributed by atoms with E-state index in [4.69, 9.17) is 4.52 Å². The molecule has 0 radical (unpaired) electrons. The highest BCUT2D eigenvalue weighted by atomic mass is 35.5. The first-order chi connectivity index (χ1) is 10.7. The number of rotatable bonds is 5. The molecule has 1 aliphatic rings. The number of carbonyl (C=O) groups is 1. The Kier molecular flexibility index (Phi) is 7.21. The monoisotopic (exact) mass is 380 g/mol. The second kappa shape index (κ2) is 8.28. The van der Waals surface area contributed by atoms with Crippen molar-refractivity contribution in [3.63, 3.8) is 0 Å². The number of piperidine rings is 1. The summed E-state index contributed by atoms with van der Waals surface area (Å²) < 4.78 is 32.1. The zero-order valence-corrected chi connectivity index (χ0v) is 15.9. The van der Waals surface area contributed by atoms with Gasteiger partial charge in [-0.15, -0.1) is 12.4 Å². The lowest BCUT2D eigenvalue weighted by Crippen LogP contribution is -2.52. The van der Waals surface area contributed by atoms with Crippen molar-refractivity contribution in [3.05, 3.63) is 11.5 Å². The van der Waals surface area contributed by atoms with Gasteiger partial charge in [0.15, 0.2) is 5.76 Å². The largest absolute Gasteiger partial charge is 0.360 e. The van der Waals surface area contributed by atoms with Gasteiger partial charge in [0.25, 0.3) is 0 Å². The molecule has 2 heterocycles. The van der Waals surface area contributed by atoms with Gasteiger partial charge in [-0.3, -0.25) is 4.79 Å². The van der Waals surface area contributed by atoms with Crippen molar-refractivity contribution in [1.29, 1.82) is 0 Å². The van der Waals surface area contributed by atoms with Gasteiger partial charge < -0.3 is 15.2 Å². The molecule has 138 valence electrons. The van der Waals surface area contributed by atoms with E-state index in [1.807, 2.05) is 0 Å². The van der Waals surface area contributed by atoms with Crippen LogP contribution in [0.1, 0.15) is 38.1 Å². The Labute approximate surface area is 148 Å². The second-order valence-corrected chi connectivity index (χ2v) is 7.73. The standard InChI is InChI=1S/C14H24N4O4S.ClH/c1-8-7-12(5-6-15-8)16-14(19)10(3)18-23(20,21)13-9(2)17-22-11(13)4;/h8,10,12,15,18H,5-7H2,1-4H3,(H,16,19);1H. The van der Waals surface area contributed by atoms with Crippen molar-refractivity contribution in [1.82, 2.24) is 20.5 Å². The van der Waals surface area contributed by atoms with Gasteiger partial charge >= 0.3 is 0 Å². The van der Waals surface area contributed by atoms with Gasteiger partial charge in [0, 0.05) is 12.1 Å². The lowest BCUT2D eigenvalue weighted by Gasteiger charge is -2.29. The number of hydrogen-bond acceptors (Lipinski definition) is 6. The molecule has 0 aromatic carbocycles. The molecule has 24 heavy (non-hydrogen) atoms. The number of aryl methyl sites for hydroxylation is 2. The van der Waals surface area contributed by atoms with Gasteiger partial charge in [-0.05, 0) is 47.1 Å². The van der Waals surface area contributed by atoms with Gasteiger partial charge in [-0.2, -0.15) is 4.72 Å². The minimum atomic E-state index is -3.85. The molecule has 0 aliphatic carbocycles. The van der Waals surface area contributed by atoms with Gasteiger partial charge in [0.05, 0.1) is 6.04 Å². The molecule has 1 aromatic rings. The maximum absolute atomic E-state index is 12.4. The number of hydrogen-bond donors (Lipinski definition) is 3. The third-order valence-electron chi connectivity index (χ3n) is 3.93. The smallest absolute Gasteiger partial charge is 0.246 e. The molecule has 2 rings (SSSR count). The summed E-state index contributed by atoms with van der Waals surface area (Å²) in [4.78, 5) is 12.2. The van der Waals surface area contributed by atoms with Gasteiger partial charge in [-0.1, -0.05) is 5.16 Å². The lowest BCUT2D eigenvalue weighted by atomic mass is 10.0. The molecule has 0 bridgehead atoms. The van der Waals surface area contributed by atoms with Gasteiger partial charge in [0.1, 0.15) is 10.6 Å². The highest BCUT2D eigenvalue weighted by Crippen LogP contribution is 2.19. The molecule has 1 aromatic heterocycles. The Morgan fingerprint density at radius 2 is 2.08 bits per heavy atom. The number of halogens is 1. The van der Waals surface area contributed by atoms with Crippen LogP contribution in [0.3, 0.4) is 0 Å². The summed E-state index contributed by atoms with van der Waals surface area (Å²) in [5.74, 6) is -0.130. The number of nitrogens with one attached hydrogen (secondary N) is 3. The first-order valence-corrected chi connectivity index (χ1v) is 9.18. The van der Waals surface area contributed by atoms with Crippen LogP contribution in [-0.4, -0.2) is 44.2 Å². The molecule has 3 atom stereocenters. The maximum Gasteiger partial charge on any atom is 0.246 e. The minimum Gasteiger partial charge on any atom is -0.360 e. The highest BCUT2D eigenvalue weighted by Gasteiger charge is 2.29. The minimum absolute atomic E-state index is 0. The average Bonchev–Trinajstić information content (AvgIpc) is 2.78. The van der Waals surface area contributed by atoms with Gasteiger partial charge in [-0.25, -0.2) is 8.42 Å². The molecule has 1 amide bonds. The Morgan fingerprint density at radius 3 is 2.62 bits per heavy atom. The van der Waals surface area contributed by atoms with E-state index in [9.17, 15) is 13.2 Å². The summed E-state index contributed by atoms with van der Waals surface area (Å²) in [6, 6.07) is -0.480. The van der Waals surface area contributed by atoms with Crippen molar-refractivity contribution < 1.29 is 17.7 Å². The Hall–Kier alpha value is -1.16. The van der Waals surface area contributed by atoms with Crippen molar-refractivity contribution in [3.8, 4) is 0 Å². The predicted molar refractivity (Wildman–Crippen MR) is 91.6 cm³/mol. The predicted octanol–water partition coefficient (Wildman–Crippen LogP) is 0.637. The van der Waals surface area contributed by atoms with E-state index < -0.39 is 16.1 Å². The third kappa shape index (κ3) is 4.92. The summed E-state index contributed by atoms with van der Waals surface area (Å²) >= 11 is 0. The fourth-order valence-corrected chi connectivity index (χ4v) is 4.32. The van der Waals surface area contributed by atoms with E-state index in [1.54, 1.807) is 6.92 Å². The van der Waals surface area contributed by atoms with Crippen LogP contribution in [0.25, 0.3) is 0 Å². The van der Waals surface area contributed by atoms with E-state index >= 15 is 0 Å². The fraction of sp³-hybridized carbons (Fsp3) is 0.714. The van der Waals surface area contributed by atoms with Crippen LogP contribution in [0.2, 0.25) is 0 Å². The van der Waals surface area contributed by atoms with Crippen LogP contribution in [-0.2, 0) is 14.8 Å². The first kappa shape index (κ1) is 20.9. The number of aromatic nitrogens is 1. The molecule has 3 N–H and O–H groups in total. The number of amides is 1. The van der Waals surface area contributed by atoms with E-state index in [2.05, 4.69) is 27.4 Å². The number of sulfonamides is 1. The lowest BCUT2D eigenvalue weighted by molar-refractivity contribution is -0.123. The van der Waals surface area contributed by atoms with Crippen LogP contribution in [0, 0.1) is 13.8 Å². The molecule has 1 saturated heterocycles. The molecule has 0 saturated carbocycles. The van der Waals surface area contributed by atoms with E-state index in [0.29, 0.717) is 6.04 Å². The van der Waals surface area contributed by atoms with Crippen LogP contribution in [0.15, 0.2) is 9.42 Å². The van der Waals surface area contributed by atoms with Crippen molar-refractivity contribution in [2.24, 2.45) is 0 Å². The van der Waals surface area contributed by atoms with Crippen molar-refractivity contribution in [2.75, 3.05) is 6.54 Å². The summed E-state index contributed by atoms with van der Waals surface area (Å²) in [7, 11) is -3.85. The zero-order chi connectivity index (χ0) is 17.2.